The van der Waals surface area contributed by atoms with Crippen molar-refractivity contribution in [3.8, 4) is 12.1 Å². The number of benzene rings is 2. The number of para-hydroxylation sites is 1. The number of allylic oxidation sites excluding steroid dienone is 1. The van der Waals surface area contributed by atoms with Gasteiger partial charge in [0.1, 0.15) is 17.2 Å². The van der Waals surface area contributed by atoms with Gasteiger partial charge < -0.3 is 5.32 Å². The Morgan fingerprint density at radius 2 is 1.73 bits per heavy atom. The molecule has 0 aromatic heterocycles. The average Bonchev–Trinajstić information content (AvgIpc) is 3.02. The van der Waals surface area contributed by atoms with Gasteiger partial charge in [-0.3, -0.25) is 19.7 Å². The summed E-state index contributed by atoms with van der Waals surface area (Å²) >= 11 is 0.926. The molecule has 0 saturated carbocycles. The Balaban J connectivity index is 1.84. The number of thioether (sulfide) groups is 1. The van der Waals surface area contributed by atoms with Crippen molar-refractivity contribution in [2.45, 2.75) is 11.7 Å². The second-order valence-corrected chi connectivity index (χ2v) is 7.28. The van der Waals surface area contributed by atoms with Crippen LogP contribution in [0.25, 0.3) is 0 Å². The number of nitrogens with one attached hydrogen (secondary N) is 1. The highest BCUT2D eigenvalue weighted by molar-refractivity contribution is 8.04. The summed E-state index contributed by atoms with van der Waals surface area (Å²) in [6.45, 7) is 0. The molecule has 1 saturated heterocycles. The van der Waals surface area contributed by atoms with E-state index in [9.17, 15) is 30.2 Å². The molecule has 1 N–H and O–H groups in total. The summed E-state index contributed by atoms with van der Waals surface area (Å²) in [5.41, 5.74) is 0.472. The fourth-order valence-corrected chi connectivity index (χ4v) is 3.87. The maximum atomic E-state index is 12.9. The number of nitrogens with zero attached hydrogens (tertiary/aromatic N) is 4. The summed E-state index contributed by atoms with van der Waals surface area (Å²) in [5.74, 6) is -0.998. The molecule has 3 rings (SSSR count). The van der Waals surface area contributed by atoms with Gasteiger partial charge in [0.15, 0.2) is 5.57 Å². The summed E-state index contributed by atoms with van der Waals surface area (Å²) in [7, 11) is 0. The zero-order chi connectivity index (χ0) is 21.7. The Hall–Kier alpha value is -4.15. The van der Waals surface area contributed by atoms with Gasteiger partial charge in [0, 0.05) is 24.2 Å². The van der Waals surface area contributed by atoms with Crippen LogP contribution in [0.5, 0.6) is 0 Å². The molecule has 148 valence electrons. The van der Waals surface area contributed by atoms with Crippen molar-refractivity contribution in [2.24, 2.45) is 0 Å². The van der Waals surface area contributed by atoms with Gasteiger partial charge in [0.25, 0.3) is 5.69 Å². The lowest BCUT2D eigenvalue weighted by Gasteiger charge is -2.16. The number of hydrogen-bond acceptors (Lipinski definition) is 8. The van der Waals surface area contributed by atoms with Crippen molar-refractivity contribution in [3.05, 3.63) is 75.3 Å². The van der Waals surface area contributed by atoms with E-state index in [1.54, 1.807) is 42.5 Å². The van der Waals surface area contributed by atoms with Crippen LogP contribution < -0.4 is 10.2 Å². The molecule has 2 aromatic carbocycles. The van der Waals surface area contributed by atoms with Crippen LogP contribution in [0, 0.1) is 32.8 Å². The standard InChI is InChI=1S/C20H13N5O4S/c21-11-13(12-22)19(23-14-4-2-1-3-5-14)30-17-10-18(26)24(20(17)27)15-6-8-16(9-7-15)25(28)29/h1-9,17,23H,10H2/t17-/m1/s1. The number of nitriles is 2. The van der Waals surface area contributed by atoms with Crippen LogP contribution in [0.2, 0.25) is 0 Å². The third-order valence-electron chi connectivity index (χ3n) is 4.17. The monoisotopic (exact) mass is 419 g/mol. The molecule has 30 heavy (non-hydrogen) atoms. The SMILES string of the molecule is N#CC(C#N)=C(Nc1ccccc1)S[C@@H]1CC(=O)N(c2ccc([N+](=O)[O-])cc2)C1=O. The molecule has 10 heteroatoms. The average molecular weight is 419 g/mol. The molecule has 0 radical (unpaired) electrons. The van der Waals surface area contributed by atoms with Crippen LogP contribution in [0.3, 0.4) is 0 Å². The van der Waals surface area contributed by atoms with Gasteiger partial charge in [-0.25, -0.2) is 4.90 Å². The summed E-state index contributed by atoms with van der Waals surface area (Å²) in [6, 6.07) is 17.5. The Morgan fingerprint density at radius 1 is 1.10 bits per heavy atom. The summed E-state index contributed by atoms with van der Waals surface area (Å²) in [4.78, 5) is 36.5. The minimum atomic E-state index is -0.851. The summed E-state index contributed by atoms with van der Waals surface area (Å²) in [5, 5.41) is 31.6. The number of imide groups is 1. The second kappa shape index (κ2) is 8.90. The van der Waals surface area contributed by atoms with Gasteiger partial charge in [-0.05, 0) is 24.3 Å². The predicted octanol–water partition coefficient (Wildman–Crippen LogP) is 3.33. The van der Waals surface area contributed by atoms with Crippen molar-refractivity contribution >= 4 is 40.6 Å². The zero-order valence-corrected chi connectivity index (χ0v) is 16.1. The van der Waals surface area contributed by atoms with E-state index >= 15 is 0 Å². The number of carbonyl (C=O) groups excluding carboxylic acids is 2. The van der Waals surface area contributed by atoms with Crippen LogP contribution in [-0.2, 0) is 9.59 Å². The molecule has 2 amide bonds. The molecule has 1 aliphatic heterocycles. The Kier molecular flexibility index (Phi) is 6.11. The fourth-order valence-electron chi connectivity index (χ4n) is 2.76. The topological polar surface area (TPSA) is 140 Å². The molecule has 1 fully saturated rings. The third kappa shape index (κ3) is 4.29. The number of carbonyl (C=O) groups is 2. The van der Waals surface area contributed by atoms with Crippen LogP contribution in [0.4, 0.5) is 17.1 Å². The lowest BCUT2D eigenvalue weighted by atomic mass is 10.2. The van der Waals surface area contributed by atoms with E-state index in [4.69, 9.17) is 0 Å². The van der Waals surface area contributed by atoms with Gasteiger partial charge in [-0.1, -0.05) is 30.0 Å². The van der Waals surface area contributed by atoms with Crippen molar-refractivity contribution in [1.29, 1.82) is 10.5 Å². The number of rotatable bonds is 6. The number of nitro benzene ring substituents is 1. The van der Waals surface area contributed by atoms with E-state index in [0.29, 0.717) is 5.69 Å². The number of non-ortho nitro benzene ring substituents is 1. The molecular formula is C20H13N5O4S. The largest absolute Gasteiger partial charge is 0.349 e. The number of hydrogen-bond donors (Lipinski definition) is 1. The van der Waals surface area contributed by atoms with Crippen molar-refractivity contribution in [2.75, 3.05) is 10.2 Å². The first-order chi connectivity index (χ1) is 14.4. The molecular weight excluding hydrogens is 406 g/mol. The molecule has 0 bridgehead atoms. The van der Waals surface area contributed by atoms with Crippen LogP contribution in [0.1, 0.15) is 6.42 Å². The zero-order valence-electron chi connectivity index (χ0n) is 15.3. The number of amides is 2. The first-order valence-electron chi connectivity index (χ1n) is 8.59. The molecule has 1 heterocycles. The van der Waals surface area contributed by atoms with Crippen LogP contribution in [0.15, 0.2) is 65.2 Å². The van der Waals surface area contributed by atoms with Gasteiger partial charge in [-0.2, -0.15) is 10.5 Å². The molecule has 2 aromatic rings. The predicted molar refractivity (Wildman–Crippen MR) is 110 cm³/mol. The Labute approximate surface area is 175 Å². The van der Waals surface area contributed by atoms with Gasteiger partial charge >= 0.3 is 0 Å². The fraction of sp³-hybridized carbons (Fsp3) is 0.100. The van der Waals surface area contributed by atoms with Crippen molar-refractivity contribution < 1.29 is 14.5 Å². The normalized spacial score (nSPS) is 15.3. The Bertz CT molecular complexity index is 1100. The minimum absolute atomic E-state index is 0.134. The number of nitro groups is 1. The summed E-state index contributed by atoms with van der Waals surface area (Å²) < 4.78 is 0. The highest BCUT2D eigenvalue weighted by atomic mass is 32.2. The first kappa shape index (κ1) is 20.6. The van der Waals surface area contributed by atoms with Crippen molar-refractivity contribution in [3.63, 3.8) is 0 Å². The van der Waals surface area contributed by atoms with Gasteiger partial charge in [-0.15, -0.1) is 0 Å². The quantitative estimate of drug-likeness (QED) is 0.325. The van der Waals surface area contributed by atoms with E-state index in [1.165, 1.54) is 24.3 Å². The van der Waals surface area contributed by atoms with Gasteiger partial charge in [0.05, 0.1) is 15.9 Å². The number of anilines is 2. The smallest absolute Gasteiger partial charge is 0.269 e. The van der Waals surface area contributed by atoms with Crippen LogP contribution in [-0.4, -0.2) is 22.0 Å². The minimum Gasteiger partial charge on any atom is -0.349 e. The van der Waals surface area contributed by atoms with E-state index in [2.05, 4.69) is 5.32 Å². The van der Waals surface area contributed by atoms with E-state index in [0.717, 1.165) is 16.7 Å². The van der Waals surface area contributed by atoms with E-state index in [-0.39, 0.29) is 28.4 Å². The first-order valence-corrected chi connectivity index (χ1v) is 9.47. The highest BCUT2D eigenvalue weighted by Crippen LogP contribution is 2.35. The Morgan fingerprint density at radius 3 is 2.30 bits per heavy atom. The molecule has 9 nitrogen and oxygen atoms in total. The maximum Gasteiger partial charge on any atom is 0.269 e. The van der Waals surface area contributed by atoms with E-state index < -0.39 is 22.0 Å². The van der Waals surface area contributed by atoms with E-state index in [1.807, 2.05) is 0 Å². The molecule has 0 aliphatic carbocycles. The highest BCUT2D eigenvalue weighted by Gasteiger charge is 2.41. The van der Waals surface area contributed by atoms with Crippen molar-refractivity contribution in [1.82, 2.24) is 0 Å². The molecule has 0 unspecified atom stereocenters. The summed E-state index contributed by atoms with van der Waals surface area (Å²) in [6.07, 6.45) is -0.134. The molecule has 1 aliphatic rings. The lowest BCUT2D eigenvalue weighted by Crippen LogP contribution is -2.31. The molecule has 0 spiro atoms. The molecule has 1 atom stereocenters. The maximum absolute atomic E-state index is 12.9. The van der Waals surface area contributed by atoms with Gasteiger partial charge in [0.2, 0.25) is 11.8 Å². The second-order valence-electron chi connectivity index (χ2n) is 6.07. The van der Waals surface area contributed by atoms with Crippen LogP contribution >= 0.6 is 11.8 Å². The third-order valence-corrected chi connectivity index (χ3v) is 5.36. The lowest BCUT2D eigenvalue weighted by molar-refractivity contribution is -0.384.